The van der Waals surface area contributed by atoms with Crippen LogP contribution < -0.4 is 5.32 Å². The van der Waals surface area contributed by atoms with Gasteiger partial charge in [-0.05, 0) is 43.4 Å². The van der Waals surface area contributed by atoms with Gasteiger partial charge in [-0.15, -0.1) is 0 Å². The number of carboxylic acid groups (broad SMARTS) is 1. The Morgan fingerprint density at radius 3 is 2.35 bits per heavy atom. The lowest BCUT2D eigenvalue weighted by atomic mass is 9.83. The SMILES string of the molecule is O=C(N[C@H](C(=O)O)c1cccc(F)c1)C1CCN(C(=O)C2CCC2)CC1. The maximum absolute atomic E-state index is 13.4. The average Bonchev–Trinajstić information content (AvgIpc) is 2.57. The van der Waals surface area contributed by atoms with Crippen LogP contribution in [0.2, 0.25) is 0 Å². The summed E-state index contributed by atoms with van der Waals surface area (Å²) >= 11 is 0. The van der Waals surface area contributed by atoms with E-state index in [4.69, 9.17) is 0 Å². The number of benzene rings is 1. The summed E-state index contributed by atoms with van der Waals surface area (Å²) in [6.45, 7) is 1.04. The first-order valence-electron chi connectivity index (χ1n) is 9.03. The van der Waals surface area contributed by atoms with Gasteiger partial charge in [0, 0.05) is 24.9 Å². The van der Waals surface area contributed by atoms with E-state index in [1.807, 2.05) is 4.90 Å². The molecule has 1 heterocycles. The van der Waals surface area contributed by atoms with Crippen molar-refractivity contribution < 1.29 is 23.9 Å². The predicted octanol–water partition coefficient (Wildman–Crippen LogP) is 2.11. The van der Waals surface area contributed by atoms with E-state index in [1.54, 1.807) is 0 Å². The topological polar surface area (TPSA) is 86.7 Å². The van der Waals surface area contributed by atoms with Gasteiger partial charge in [0.15, 0.2) is 6.04 Å². The minimum Gasteiger partial charge on any atom is -0.479 e. The Kier molecular flexibility index (Phi) is 5.54. The number of carbonyl (C=O) groups excluding carboxylic acids is 2. The van der Waals surface area contributed by atoms with E-state index in [0.717, 1.165) is 25.3 Å². The number of carboxylic acids is 1. The Labute approximate surface area is 151 Å². The highest BCUT2D eigenvalue weighted by Crippen LogP contribution is 2.30. The van der Waals surface area contributed by atoms with Gasteiger partial charge in [-0.2, -0.15) is 0 Å². The number of likely N-dealkylation sites (tertiary alicyclic amines) is 1. The van der Waals surface area contributed by atoms with E-state index in [1.165, 1.54) is 18.2 Å². The zero-order chi connectivity index (χ0) is 18.7. The summed E-state index contributed by atoms with van der Waals surface area (Å²) in [7, 11) is 0. The zero-order valence-corrected chi connectivity index (χ0v) is 14.5. The van der Waals surface area contributed by atoms with Gasteiger partial charge >= 0.3 is 5.97 Å². The molecule has 6 nitrogen and oxygen atoms in total. The standard InChI is InChI=1S/C19H23FN2O4/c20-15-6-2-5-14(11-15)16(19(25)26)21-17(23)12-7-9-22(10-8-12)18(24)13-3-1-4-13/h2,5-6,11-13,16H,1,3-4,7-10H2,(H,21,23)(H,25,26)/t16-/m0/s1. The highest BCUT2D eigenvalue weighted by molar-refractivity contribution is 5.86. The Balaban J connectivity index is 1.57. The van der Waals surface area contributed by atoms with E-state index < -0.39 is 17.8 Å². The molecule has 0 bridgehead atoms. The molecule has 7 heteroatoms. The number of nitrogens with zero attached hydrogens (tertiary/aromatic N) is 1. The number of halogens is 1. The van der Waals surface area contributed by atoms with E-state index in [0.29, 0.717) is 25.9 Å². The van der Waals surface area contributed by atoms with Crippen molar-refractivity contribution in [3.8, 4) is 0 Å². The Hall–Kier alpha value is -2.44. The molecular formula is C19H23FN2O4. The zero-order valence-electron chi connectivity index (χ0n) is 14.5. The van der Waals surface area contributed by atoms with Crippen molar-refractivity contribution >= 4 is 17.8 Å². The Morgan fingerprint density at radius 1 is 1.12 bits per heavy atom. The molecule has 0 spiro atoms. The van der Waals surface area contributed by atoms with Crippen LogP contribution in [0, 0.1) is 17.7 Å². The number of nitrogens with one attached hydrogen (secondary N) is 1. The minimum atomic E-state index is -1.28. The van der Waals surface area contributed by atoms with Crippen LogP contribution in [0.15, 0.2) is 24.3 Å². The second kappa shape index (κ2) is 7.85. The second-order valence-electron chi connectivity index (χ2n) is 7.06. The largest absolute Gasteiger partial charge is 0.479 e. The van der Waals surface area contributed by atoms with Crippen LogP contribution in [-0.4, -0.2) is 40.9 Å². The first-order valence-corrected chi connectivity index (χ1v) is 9.03. The van der Waals surface area contributed by atoms with Gasteiger partial charge in [-0.25, -0.2) is 9.18 Å². The van der Waals surface area contributed by atoms with Crippen LogP contribution in [0.25, 0.3) is 0 Å². The third-order valence-electron chi connectivity index (χ3n) is 5.35. The highest BCUT2D eigenvalue weighted by Gasteiger charge is 2.34. The fourth-order valence-corrected chi connectivity index (χ4v) is 3.51. The van der Waals surface area contributed by atoms with Crippen molar-refractivity contribution in [2.24, 2.45) is 11.8 Å². The van der Waals surface area contributed by atoms with Crippen LogP contribution in [0.1, 0.15) is 43.7 Å². The van der Waals surface area contributed by atoms with Crippen LogP contribution in [0.5, 0.6) is 0 Å². The summed E-state index contributed by atoms with van der Waals surface area (Å²) < 4.78 is 13.4. The van der Waals surface area contributed by atoms with Crippen molar-refractivity contribution in [2.75, 3.05) is 13.1 Å². The van der Waals surface area contributed by atoms with Crippen LogP contribution in [0.4, 0.5) is 4.39 Å². The highest BCUT2D eigenvalue weighted by atomic mass is 19.1. The van der Waals surface area contributed by atoms with Crippen molar-refractivity contribution in [3.05, 3.63) is 35.6 Å². The van der Waals surface area contributed by atoms with E-state index in [2.05, 4.69) is 5.32 Å². The van der Waals surface area contributed by atoms with Gasteiger partial charge in [0.25, 0.3) is 0 Å². The molecule has 2 amide bonds. The van der Waals surface area contributed by atoms with E-state index >= 15 is 0 Å². The van der Waals surface area contributed by atoms with Crippen LogP contribution >= 0.6 is 0 Å². The molecule has 1 aliphatic heterocycles. The van der Waals surface area contributed by atoms with Gasteiger partial charge in [0.2, 0.25) is 11.8 Å². The molecule has 1 aliphatic carbocycles. The lowest BCUT2D eigenvalue weighted by Crippen LogP contribution is -2.47. The molecule has 0 unspecified atom stereocenters. The summed E-state index contributed by atoms with van der Waals surface area (Å²) in [6.07, 6.45) is 4.03. The first-order chi connectivity index (χ1) is 12.5. The van der Waals surface area contributed by atoms with Crippen LogP contribution in [-0.2, 0) is 14.4 Å². The molecule has 140 valence electrons. The molecule has 2 fully saturated rings. The monoisotopic (exact) mass is 362 g/mol. The molecule has 3 rings (SSSR count). The lowest BCUT2D eigenvalue weighted by Gasteiger charge is -2.36. The third kappa shape index (κ3) is 4.03. The van der Waals surface area contributed by atoms with Gasteiger partial charge in [-0.1, -0.05) is 18.6 Å². The molecule has 1 aromatic rings. The number of hydrogen-bond acceptors (Lipinski definition) is 3. The maximum atomic E-state index is 13.4. The fraction of sp³-hybridized carbons (Fsp3) is 0.526. The number of rotatable bonds is 5. The van der Waals surface area contributed by atoms with Gasteiger partial charge in [0.05, 0.1) is 0 Å². The molecule has 0 aromatic heterocycles. The number of piperidine rings is 1. The fourth-order valence-electron chi connectivity index (χ4n) is 3.51. The smallest absolute Gasteiger partial charge is 0.330 e. The first kappa shape index (κ1) is 18.4. The van der Waals surface area contributed by atoms with Gasteiger partial charge in [0.1, 0.15) is 5.82 Å². The molecular weight excluding hydrogens is 339 g/mol. The maximum Gasteiger partial charge on any atom is 0.330 e. The molecule has 0 radical (unpaired) electrons. The van der Waals surface area contributed by atoms with Gasteiger partial charge < -0.3 is 15.3 Å². The summed E-state index contributed by atoms with van der Waals surface area (Å²) in [4.78, 5) is 38.0. The summed E-state index contributed by atoms with van der Waals surface area (Å²) in [6, 6.07) is 3.94. The predicted molar refractivity (Wildman–Crippen MR) is 91.6 cm³/mol. The van der Waals surface area contributed by atoms with Crippen molar-refractivity contribution in [3.63, 3.8) is 0 Å². The second-order valence-corrected chi connectivity index (χ2v) is 7.06. The number of hydrogen-bond donors (Lipinski definition) is 2. The Morgan fingerprint density at radius 2 is 1.81 bits per heavy atom. The number of carbonyl (C=O) groups is 3. The number of aliphatic carboxylic acids is 1. The van der Waals surface area contributed by atoms with Gasteiger partial charge in [-0.3, -0.25) is 9.59 Å². The van der Waals surface area contributed by atoms with Crippen molar-refractivity contribution in [2.45, 2.75) is 38.1 Å². The molecule has 26 heavy (non-hydrogen) atoms. The lowest BCUT2D eigenvalue weighted by molar-refractivity contribution is -0.144. The molecule has 2 aliphatic rings. The summed E-state index contributed by atoms with van der Waals surface area (Å²) in [5.41, 5.74) is 0.198. The number of amides is 2. The molecule has 1 aromatic carbocycles. The third-order valence-corrected chi connectivity index (χ3v) is 5.35. The summed E-state index contributed by atoms with van der Waals surface area (Å²) in [5.74, 6) is -2.16. The van der Waals surface area contributed by atoms with Crippen molar-refractivity contribution in [1.82, 2.24) is 10.2 Å². The average molecular weight is 362 g/mol. The quantitative estimate of drug-likeness (QED) is 0.840. The molecule has 1 atom stereocenters. The Bertz CT molecular complexity index is 697. The van der Waals surface area contributed by atoms with Crippen LogP contribution in [0.3, 0.4) is 0 Å². The molecule has 2 N–H and O–H groups in total. The van der Waals surface area contributed by atoms with E-state index in [-0.39, 0.29) is 29.2 Å². The van der Waals surface area contributed by atoms with E-state index in [9.17, 15) is 23.9 Å². The van der Waals surface area contributed by atoms with Crippen molar-refractivity contribution in [1.29, 1.82) is 0 Å². The minimum absolute atomic E-state index is 0.143. The normalized spacial score (nSPS) is 19.5. The summed E-state index contributed by atoms with van der Waals surface area (Å²) in [5, 5.41) is 11.9. The molecule has 1 saturated carbocycles. The molecule has 1 saturated heterocycles.